The predicted molar refractivity (Wildman–Crippen MR) is 67.2 cm³/mol. The summed E-state index contributed by atoms with van der Waals surface area (Å²) < 4.78 is 5.97. The number of benzene rings is 1. The zero-order valence-electron chi connectivity index (χ0n) is 10.1. The van der Waals surface area contributed by atoms with Gasteiger partial charge in [0.1, 0.15) is 11.9 Å². The molecular formula is C15H15NO. The van der Waals surface area contributed by atoms with Crippen molar-refractivity contribution in [2.75, 3.05) is 0 Å². The van der Waals surface area contributed by atoms with Gasteiger partial charge < -0.3 is 4.74 Å². The molecule has 0 spiro atoms. The highest BCUT2D eigenvalue weighted by Gasteiger charge is 2.25. The summed E-state index contributed by atoms with van der Waals surface area (Å²) in [6.07, 6.45) is 2.89. The number of pyridine rings is 1. The van der Waals surface area contributed by atoms with Crippen molar-refractivity contribution in [1.82, 2.24) is 4.98 Å². The Morgan fingerprint density at radius 2 is 1.88 bits per heavy atom. The third-order valence-corrected chi connectivity index (χ3v) is 3.34. The molecule has 2 heterocycles. The second-order valence-electron chi connectivity index (χ2n) is 4.59. The van der Waals surface area contributed by atoms with Gasteiger partial charge in [-0.1, -0.05) is 29.8 Å². The first-order valence-corrected chi connectivity index (χ1v) is 5.92. The molecule has 0 N–H and O–H groups in total. The highest BCUT2D eigenvalue weighted by molar-refractivity contribution is 5.41. The van der Waals surface area contributed by atoms with Crippen LogP contribution in [0.25, 0.3) is 0 Å². The van der Waals surface area contributed by atoms with Crippen LogP contribution >= 0.6 is 0 Å². The Labute approximate surface area is 101 Å². The maximum absolute atomic E-state index is 5.97. The van der Waals surface area contributed by atoms with E-state index in [1.165, 1.54) is 16.7 Å². The zero-order valence-corrected chi connectivity index (χ0v) is 10.1. The van der Waals surface area contributed by atoms with Gasteiger partial charge in [0.05, 0.1) is 0 Å². The minimum absolute atomic E-state index is 0.147. The van der Waals surface area contributed by atoms with Crippen molar-refractivity contribution in [2.24, 2.45) is 0 Å². The number of aromatic nitrogens is 1. The molecule has 1 unspecified atom stereocenters. The van der Waals surface area contributed by atoms with Crippen LogP contribution in [-0.4, -0.2) is 4.98 Å². The van der Waals surface area contributed by atoms with E-state index >= 15 is 0 Å². The molecule has 3 rings (SSSR count). The number of hydrogen-bond acceptors (Lipinski definition) is 2. The lowest BCUT2D eigenvalue weighted by atomic mass is 10.0. The number of fused-ring (bicyclic) bond motifs is 1. The van der Waals surface area contributed by atoms with Gasteiger partial charge in [-0.15, -0.1) is 0 Å². The number of hydrogen-bond donors (Lipinski definition) is 0. The first-order chi connectivity index (χ1) is 8.24. The van der Waals surface area contributed by atoms with E-state index in [-0.39, 0.29) is 6.10 Å². The van der Waals surface area contributed by atoms with Gasteiger partial charge >= 0.3 is 0 Å². The molecule has 2 heteroatoms. The van der Waals surface area contributed by atoms with Crippen LogP contribution in [0.1, 0.15) is 28.5 Å². The molecule has 0 radical (unpaired) electrons. The van der Waals surface area contributed by atoms with Crippen molar-refractivity contribution in [2.45, 2.75) is 26.4 Å². The van der Waals surface area contributed by atoms with E-state index in [0.29, 0.717) is 0 Å². The van der Waals surface area contributed by atoms with Crippen molar-refractivity contribution in [3.63, 3.8) is 0 Å². The molecule has 0 fully saturated rings. The van der Waals surface area contributed by atoms with E-state index in [2.05, 4.69) is 36.2 Å². The normalized spacial score (nSPS) is 17.6. The molecule has 0 saturated heterocycles. The van der Waals surface area contributed by atoms with Crippen molar-refractivity contribution in [3.05, 3.63) is 58.9 Å². The first kappa shape index (κ1) is 10.3. The molecule has 86 valence electrons. The average Bonchev–Trinajstić information content (AvgIpc) is 2.75. The van der Waals surface area contributed by atoms with Crippen LogP contribution in [0.15, 0.2) is 36.5 Å². The van der Waals surface area contributed by atoms with Crippen LogP contribution in [0.3, 0.4) is 0 Å². The van der Waals surface area contributed by atoms with Crippen molar-refractivity contribution >= 4 is 0 Å². The standard InChI is InChI=1S/C15H15NO/c1-10-3-5-12(6-4-10)15-9-13-11(2)16-8-7-14(13)17-15/h3-8,15H,9H2,1-2H3. The molecule has 1 aliphatic rings. The Hall–Kier alpha value is -1.83. The molecule has 2 aromatic rings. The van der Waals surface area contributed by atoms with Crippen molar-refractivity contribution in [1.29, 1.82) is 0 Å². The number of ether oxygens (including phenoxy) is 1. The first-order valence-electron chi connectivity index (χ1n) is 5.92. The maximum atomic E-state index is 5.97. The number of rotatable bonds is 1. The Bertz CT molecular complexity index is 545. The summed E-state index contributed by atoms with van der Waals surface area (Å²) >= 11 is 0. The highest BCUT2D eigenvalue weighted by atomic mass is 16.5. The Morgan fingerprint density at radius 1 is 1.12 bits per heavy atom. The summed E-state index contributed by atoms with van der Waals surface area (Å²) in [6.45, 7) is 4.14. The fraction of sp³-hybridized carbons (Fsp3) is 0.267. The number of aryl methyl sites for hydroxylation is 2. The molecule has 0 amide bonds. The molecule has 1 aromatic carbocycles. The predicted octanol–water partition coefficient (Wildman–Crippen LogP) is 3.37. The summed E-state index contributed by atoms with van der Waals surface area (Å²) in [5.74, 6) is 0.989. The topological polar surface area (TPSA) is 22.1 Å². The van der Waals surface area contributed by atoms with Crippen LogP contribution in [0.5, 0.6) is 5.75 Å². The van der Waals surface area contributed by atoms with Gasteiger partial charge in [0.15, 0.2) is 0 Å². The molecular weight excluding hydrogens is 210 g/mol. The molecule has 1 aliphatic heterocycles. The maximum Gasteiger partial charge on any atom is 0.128 e. The van der Waals surface area contributed by atoms with Crippen LogP contribution in [-0.2, 0) is 6.42 Å². The molecule has 0 bridgehead atoms. The molecule has 2 nitrogen and oxygen atoms in total. The third kappa shape index (κ3) is 1.80. The van der Waals surface area contributed by atoms with Gasteiger partial charge in [0.2, 0.25) is 0 Å². The van der Waals surface area contributed by atoms with Gasteiger partial charge in [-0.3, -0.25) is 4.98 Å². The summed E-state index contributed by atoms with van der Waals surface area (Å²) in [7, 11) is 0. The monoisotopic (exact) mass is 225 g/mol. The van der Waals surface area contributed by atoms with Gasteiger partial charge in [-0.25, -0.2) is 0 Å². The Balaban J connectivity index is 1.91. The Morgan fingerprint density at radius 3 is 2.59 bits per heavy atom. The smallest absolute Gasteiger partial charge is 0.128 e. The van der Waals surface area contributed by atoms with E-state index in [4.69, 9.17) is 4.74 Å². The SMILES string of the molecule is Cc1ccc(C2Cc3c(ccnc3C)O2)cc1. The minimum Gasteiger partial charge on any atom is -0.485 e. The summed E-state index contributed by atoms with van der Waals surface area (Å²) in [5.41, 5.74) is 4.85. The van der Waals surface area contributed by atoms with Crippen LogP contribution in [0.4, 0.5) is 0 Å². The van der Waals surface area contributed by atoms with Gasteiger partial charge in [-0.2, -0.15) is 0 Å². The molecule has 17 heavy (non-hydrogen) atoms. The lowest BCUT2D eigenvalue weighted by Crippen LogP contribution is -2.02. The fourth-order valence-corrected chi connectivity index (χ4v) is 2.28. The molecule has 0 saturated carbocycles. The minimum atomic E-state index is 0.147. The van der Waals surface area contributed by atoms with Gasteiger partial charge in [0, 0.05) is 23.9 Å². The van der Waals surface area contributed by atoms with Crippen LogP contribution < -0.4 is 4.74 Å². The van der Waals surface area contributed by atoms with E-state index in [9.17, 15) is 0 Å². The second kappa shape index (κ2) is 3.88. The van der Waals surface area contributed by atoms with E-state index < -0.39 is 0 Å². The summed E-state index contributed by atoms with van der Waals surface area (Å²) in [6, 6.07) is 10.5. The summed E-state index contributed by atoms with van der Waals surface area (Å²) in [4.78, 5) is 4.31. The van der Waals surface area contributed by atoms with Crippen molar-refractivity contribution < 1.29 is 4.74 Å². The van der Waals surface area contributed by atoms with Crippen molar-refractivity contribution in [3.8, 4) is 5.75 Å². The van der Waals surface area contributed by atoms with E-state index in [1.54, 1.807) is 0 Å². The Kier molecular flexibility index (Phi) is 2.36. The largest absolute Gasteiger partial charge is 0.485 e. The van der Waals surface area contributed by atoms with E-state index in [1.807, 2.05) is 19.2 Å². The lowest BCUT2D eigenvalue weighted by molar-refractivity contribution is 0.238. The van der Waals surface area contributed by atoms with E-state index in [0.717, 1.165) is 17.9 Å². The highest BCUT2D eigenvalue weighted by Crippen LogP contribution is 2.37. The lowest BCUT2D eigenvalue weighted by Gasteiger charge is -2.10. The van der Waals surface area contributed by atoms with Gasteiger partial charge in [0.25, 0.3) is 0 Å². The summed E-state index contributed by atoms with van der Waals surface area (Å²) in [5, 5.41) is 0. The zero-order chi connectivity index (χ0) is 11.8. The van der Waals surface area contributed by atoms with Crippen LogP contribution in [0, 0.1) is 13.8 Å². The quantitative estimate of drug-likeness (QED) is 0.742. The van der Waals surface area contributed by atoms with Crippen LogP contribution in [0.2, 0.25) is 0 Å². The van der Waals surface area contributed by atoms with Gasteiger partial charge in [-0.05, 0) is 25.5 Å². The molecule has 0 aliphatic carbocycles. The fourth-order valence-electron chi connectivity index (χ4n) is 2.28. The average molecular weight is 225 g/mol. The molecule has 1 aromatic heterocycles. The molecule has 1 atom stereocenters. The number of nitrogens with zero attached hydrogens (tertiary/aromatic N) is 1. The second-order valence-corrected chi connectivity index (χ2v) is 4.59. The third-order valence-electron chi connectivity index (χ3n) is 3.34.